The summed E-state index contributed by atoms with van der Waals surface area (Å²) in [6, 6.07) is 8.90. The Morgan fingerprint density at radius 3 is 2.26 bits per heavy atom. The molecule has 1 atom stereocenters. The SMILES string of the molecule is CCCNC(CCC(C)(C)C)c1ccc(OC)cc1. The van der Waals surface area contributed by atoms with E-state index in [1.54, 1.807) is 7.11 Å². The summed E-state index contributed by atoms with van der Waals surface area (Å²) in [5, 5.41) is 3.65. The minimum atomic E-state index is 0.388. The summed E-state index contributed by atoms with van der Waals surface area (Å²) in [6.45, 7) is 10.2. The maximum atomic E-state index is 5.22. The first-order valence-electron chi connectivity index (χ1n) is 7.33. The van der Waals surface area contributed by atoms with Gasteiger partial charge in [0, 0.05) is 6.04 Å². The van der Waals surface area contributed by atoms with E-state index in [0.717, 1.165) is 12.3 Å². The molecule has 0 aliphatic rings. The molecule has 108 valence electrons. The van der Waals surface area contributed by atoms with Crippen molar-refractivity contribution < 1.29 is 4.74 Å². The molecule has 0 saturated carbocycles. The monoisotopic (exact) mass is 263 g/mol. The fourth-order valence-corrected chi connectivity index (χ4v) is 2.12. The normalized spacial score (nSPS) is 13.3. The van der Waals surface area contributed by atoms with Crippen LogP contribution in [0.4, 0.5) is 0 Å². The fraction of sp³-hybridized carbons (Fsp3) is 0.647. The van der Waals surface area contributed by atoms with E-state index in [2.05, 4.69) is 45.1 Å². The van der Waals surface area contributed by atoms with Gasteiger partial charge in [0.15, 0.2) is 0 Å². The number of rotatable bonds is 7. The Balaban J connectivity index is 2.70. The molecule has 0 spiro atoms. The first-order chi connectivity index (χ1) is 8.96. The average Bonchev–Trinajstić information content (AvgIpc) is 2.38. The predicted octanol–water partition coefficient (Wildman–Crippen LogP) is 4.56. The molecule has 1 rings (SSSR count). The Morgan fingerprint density at radius 1 is 1.16 bits per heavy atom. The quantitative estimate of drug-likeness (QED) is 0.778. The lowest BCUT2D eigenvalue weighted by Gasteiger charge is -2.24. The highest BCUT2D eigenvalue weighted by atomic mass is 16.5. The lowest BCUT2D eigenvalue weighted by Crippen LogP contribution is -2.23. The molecule has 0 bridgehead atoms. The lowest BCUT2D eigenvalue weighted by molar-refractivity contribution is 0.332. The van der Waals surface area contributed by atoms with Crippen LogP contribution >= 0.6 is 0 Å². The molecule has 0 heterocycles. The van der Waals surface area contributed by atoms with Crippen molar-refractivity contribution in [2.75, 3.05) is 13.7 Å². The second-order valence-electron chi connectivity index (χ2n) is 6.38. The number of hydrogen-bond acceptors (Lipinski definition) is 2. The molecule has 1 N–H and O–H groups in total. The van der Waals surface area contributed by atoms with Gasteiger partial charge in [0.1, 0.15) is 5.75 Å². The zero-order valence-electron chi connectivity index (χ0n) is 13.1. The van der Waals surface area contributed by atoms with Crippen LogP contribution in [0.3, 0.4) is 0 Å². The minimum absolute atomic E-state index is 0.388. The van der Waals surface area contributed by atoms with Crippen molar-refractivity contribution in [2.24, 2.45) is 5.41 Å². The van der Waals surface area contributed by atoms with Crippen LogP contribution in [0.1, 0.15) is 58.6 Å². The predicted molar refractivity (Wildman–Crippen MR) is 82.7 cm³/mol. The van der Waals surface area contributed by atoms with Gasteiger partial charge in [0.05, 0.1) is 7.11 Å². The molecule has 0 amide bonds. The molecule has 0 radical (unpaired) electrons. The summed E-state index contributed by atoms with van der Waals surface area (Å²) in [7, 11) is 1.71. The molecule has 1 aromatic carbocycles. The highest BCUT2D eigenvalue weighted by Crippen LogP contribution is 2.28. The van der Waals surface area contributed by atoms with Gasteiger partial charge in [-0.25, -0.2) is 0 Å². The number of methoxy groups -OCH3 is 1. The standard InChI is InChI=1S/C17H29NO/c1-6-13-18-16(11-12-17(2,3)4)14-7-9-15(19-5)10-8-14/h7-10,16,18H,6,11-13H2,1-5H3. The Kier molecular flexibility index (Phi) is 6.36. The maximum absolute atomic E-state index is 5.22. The highest BCUT2D eigenvalue weighted by molar-refractivity contribution is 5.29. The van der Waals surface area contributed by atoms with E-state index in [1.807, 2.05) is 12.1 Å². The van der Waals surface area contributed by atoms with Crippen LogP contribution in [0, 0.1) is 5.41 Å². The van der Waals surface area contributed by atoms with E-state index in [1.165, 1.54) is 24.8 Å². The highest BCUT2D eigenvalue weighted by Gasteiger charge is 2.16. The zero-order valence-corrected chi connectivity index (χ0v) is 13.1. The van der Waals surface area contributed by atoms with Gasteiger partial charge in [0.2, 0.25) is 0 Å². The maximum Gasteiger partial charge on any atom is 0.118 e. The summed E-state index contributed by atoms with van der Waals surface area (Å²) in [5.41, 5.74) is 1.75. The topological polar surface area (TPSA) is 21.3 Å². The van der Waals surface area contributed by atoms with Crippen LogP contribution in [0.2, 0.25) is 0 Å². The van der Waals surface area contributed by atoms with Crippen molar-refractivity contribution >= 4 is 0 Å². The second-order valence-corrected chi connectivity index (χ2v) is 6.38. The fourth-order valence-electron chi connectivity index (χ4n) is 2.12. The second kappa shape index (κ2) is 7.54. The van der Waals surface area contributed by atoms with Crippen molar-refractivity contribution in [3.8, 4) is 5.75 Å². The smallest absolute Gasteiger partial charge is 0.118 e. The van der Waals surface area contributed by atoms with Gasteiger partial charge in [-0.2, -0.15) is 0 Å². The van der Waals surface area contributed by atoms with Crippen LogP contribution in [0.15, 0.2) is 24.3 Å². The van der Waals surface area contributed by atoms with Crippen molar-refractivity contribution in [3.63, 3.8) is 0 Å². The van der Waals surface area contributed by atoms with Crippen LogP contribution in [0.5, 0.6) is 5.75 Å². The third kappa shape index (κ3) is 6.11. The van der Waals surface area contributed by atoms with Crippen molar-refractivity contribution in [1.29, 1.82) is 0 Å². The van der Waals surface area contributed by atoms with E-state index in [4.69, 9.17) is 4.74 Å². The van der Waals surface area contributed by atoms with Crippen molar-refractivity contribution in [3.05, 3.63) is 29.8 Å². The average molecular weight is 263 g/mol. The third-order valence-corrected chi connectivity index (χ3v) is 3.34. The third-order valence-electron chi connectivity index (χ3n) is 3.34. The number of nitrogens with one attached hydrogen (secondary N) is 1. The lowest BCUT2D eigenvalue weighted by atomic mass is 9.87. The summed E-state index contributed by atoms with van der Waals surface area (Å²) >= 11 is 0. The van der Waals surface area contributed by atoms with Gasteiger partial charge in [-0.15, -0.1) is 0 Å². The van der Waals surface area contributed by atoms with Crippen LogP contribution in [-0.4, -0.2) is 13.7 Å². The zero-order chi connectivity index (χ0) is 14.3. The number of benzene rings is 1. The van der Waals surface area contributed by atoms with Gasteiger partial charge in [-0.3, -0.25) is 0 Å². The Hall–Kier alpha value is -1.02. The van der Waals surface area contributed by atoms with E-state index < -0.39 is 0 Å². The van der Waals surface area contributed by atoms with Gasteiger partial charge >= 0.3 is 0 Å². The molecular formula is C17H29NO. The van der Waals surface area contributed by atoms with Crippen molar-refractivity contribution in [1.82, 2.24) is 5.32 Å². The summed E-state index contributed by atoms with van der Waals surface area (Å²) in [6.07, 6.45) is 3.57. The van der Waals surface area contributed by atoms with E-state index in [9.17, 15) is 0 Å². The van der Waals surface area contributed by atoms with E-state index in [-0.39, 0.29) is 0 Å². The van der Waals surface area contributed by atoms with Gasteiger partial charge in [0.25, 0.3) is 0 Å². The molecule has 1 unspecified atom stereocenters. The van der Waals surface area contributed by atoms with Gasteiger partial charge < -0.3 is 10.1 Å². The molecule has 2 heteroatoms. The first kappa shape index (κ1) is 16.0. The van der Waals surface area contributed by atoms with Crippen molar-refractivity contribution in [2.45, 2.75) is 53.0 Å². The first-order valence-corrected chi connectivity index (χ1v) is 7.33. The molecule has 0 aliphatic carbocycles. The Bertz CT molecular complexity index is 351. The molecular weight excluding hydrogens is 234 g/mol. The number of hydrogen-bond donors (Lipinski definition) is 1. The van der Waals surface area contributed by atoms with E-state index in [0.29, 0.717) is 11.5 Å². The minimum Gasteiger partial charge on any atom is -0.497 e. The van der Waals surface area contributed by atoms with E-state index >= 15 is 0 Å². The van der Waals surface area contributed by atoms with Gasteiger partial charge in [-0.05, 0) is 48.9 Å². The van der Waals surface area contributed by atoms with Crippen LogP contribution in [-0.2, 0) is 0 Å². The summed E-state index contributed by atoms with van der Waals surface area (Å²) in [5.74, 6) is 0.925. The molecule has 0 saturated heterocycles. The van der Waals surface area contributed by atoms with Crippen LogP contribution in [0.25, 0.3) is 0 Å². The molecule has 0 fully saturated rings. The molecule has 0 aromatic heterocycles. The largest absolute Gasteiger partial charge is 0.497 e. The summed E-state index contributed by atoms with van der Waals surface area (Å²) in [4.78, 5) is 0. The van der Waals surface area contributed by atoms with Crippen LogP contribution < -0.4 is 10.1 Å². The Labute approximate surface area is 118 Å². The molecule has 1 aromatic rings. The summed E-state index contributed by atoms with van der Waals surface area (Å²) < 4.78 is 5.22. The van der Waals surface area contributed by atoms with Gasteiger partial charge in [-0.1, -0.05) is 39.8 Å². The molecule has 2 nitrogen and oxygen atoms in total. The Morgan fingerprint density at radius 2 is 1.79 bits per heavy atom. The number of ether oxygens (including phenoxy) is 1. The molecule has 19 heavy (non-hydrogen) atoms. The molecule has 0 aliphatic heterocycles.